The van der Waals surface area contributed by atoms with Crippen molar-refractivity contribution < 1.29 is 0 Å². The molecule has 0 fully saturated rings. The van der Waals surface area contributed by atoms with Crippen molar-refractivity contribution in [1.29, 1.82) is 0 Å². The van der Waals surface area contributed by atoms with Crippen LogP contribution in [0.5, 0.6) is 0 Å². The first-order chi connectivity index (χ1) is 6.16. The van der Waals surface area contributed by atoms with Gasteiger partial charge in [-0.1, -0.05) is 0 Å². The minimum absolute atomic E-state index is 0.482. The molecule has 13 heavy (non-hydrogen) atoms. The first-order valence-electron chi connectivity index (χ1n) is 4.92. The zero-order valence-corrected chi connectivity index (χ0v) is 8.62. The Morgan fingerprint density at radius 1 is 1.46 bits per heavy atom. The van der Waals surface area contributed by atoms with Crippen LogP contribution in [-0.4, -0.2) is 28.3 Å². The summed E-state index contributed by atoms with van der Waals surface area (Å²) < 4.78 is 2.07. The second kappa shape index (κ2) is 3.14. The summed E-state index contributed by atoms with van der Waals surface area (Å²) in [5, 5.41) is 4.57. The van der Waals surface area contributed by atoms with Crippen LogP contribution in [0.25, 0.3) is 0 Å². The van der Waals surface area contributed by atoms with Crippen molar-refractivity contribution >= 4 is 0 Å². The monoisotopic (exact) mass is 179 g/mol. The molecular formula is C10H17N3. The number of likely N-dealkylation sites (N-methyl/N-ethyl adjacent to an activating group) is 1. The fraction of sp³-hybridized carbons (Fsp3) is 0.700. The third kappa shape index (κ3) is 1.61. The maximum Gasteiger partial charge on any atom is 0.0682 e. The zero-order chi connectivity index (χ0) is 9.42. The average Bonchev–Trinajstić information content (AvgIpc) is 2.46. The number of aromatic nitrogens is 2. The van der Waals surface area contributed by atoms with E-state index in [1.54, 1.807) is 0 Å². The van der Waals surface area contributed by atoms with Crippen LogP contribution < -0.4 is 0 Å². The molecule has 1 aromatic rings. The van der Waals surface area contributed by atoms with Crippen molar-refractivity contribution in [3.05, 3.63) is 17.5 Å². The van der Waals surface area contributed by atoms with Gasteiger partial charge in [-0.05, 0) is 20.9 Å². The Hall–Kier alpha value is -0.830. The van der Waals surface area contributed by atoms with E-state index in [-0.39, 0.29) is 0 Å². The topological polar surface area (TPSA) is 21.1 Å². The highest BCUT2D eigenvalue weighted by molar-refractivity contribution is 5.19. The van der Waals surface area contributed by atoms with Gasteiger partial charge < -0.3 is 4.90 Å². The van der Waals surface area contributed by atoms with Gasteiger partial charge >= 0.3 is 0 Å². The predicted octanol–water partition coefficient (Wildman–Crippen LogP) is 1.45. The third-order valence-electron chi connectivity index (χ3n) is 2.59. The van der Waals surface area contributed by atoms with Crippen LogP contribution in [0.1, 0.15) is 31.1 Å². The molecule has 0 saturated heterocycles. The number of hydrogen-bond donors (Lipinski definition) is 0. The average molecular weight is 179 g/mol. The van der Waals surface area contributed by atoms with Crippen LogP contribution in [0.3, 0.4) is 0 Å². The molecule has 0 N–H and O–H groups in total. The van der Waals surface area contributed by atoms with E-state index in [9.17, 15) is 0 Å². The van der Waals surface area contributed by atoms with E-state index in [1.807, 2.05) is 0 Å². The highest BCUT2D eigenvalue weighted by Crippen LogP contribution is 2.17. The number of rotatable bonds is 1. The number of fused-ring (bicyclic) bond motifs is 1. The smallest absolute Gasteiger partial charge is 0.0682 e. The molecule has 0 atom stereocenters. The summed E-state index contributed by atoms with van der Waals surface area (Å²) in [6, 6.07) is 0.482. The molecule has 3 nitrogen and oxygen atoms in total. The van der Waals surface area contributed by atoms with Gasteiger partial charge in [-0.3, -0.25) is 4.68 Å². The SMILES string of the molecule is CC(C)n1cc2c(n1)CCN(C)C2. The van der Waals surface area contributed by atoms with Gasteiger partial charge in [0.1, 0.15) is 0 Å². The van der Waals surface area contributed by atoms with Crippen LogP contribution >= 0.6 is 0 Å². The van der Waals surface area contributed by atoms with Crippen LogP contribution in [0, 0.1) is 0 Å². The van der Waals surface area contributed by atoms with Crippen LogP contribution in [0.2, 0.25) is 0 Å². The standard InChI is InChI=1S/C10H17N3/c1-8(2)13-7-9-6-12(3)5-4-10(9)11-13/h7-8H,4-6H2,1-3H3. The Kier molecular flexibility index (Phi) is 2.12. The molecule has 1 aliphatic heterocycles. The van der Waals surface area contributed by atoms with Crippen LogP contribution in [0.4, 0.5) is 0 Å². The fourth-order valence-corrected chi connectivity index (χ4v) is 1.74. The Balaban J connectivity index is 2.28. The number of hydrogen-bond acceptors (Lipinski definition) is 2. The summed E-state index contributed by atoms with van der Waals surface area (Å²) in [5.74, 6) is 0. The highest BCUT2D eigenvalue weighted by atomic mass is 15.3. The van der Waals surface area contributed by atoms with Gasteiger partial charge in [0.15, 0.2) is 0 Å². The van der Waals surface area contributed by atoms with E-state index < -0.39 is 0 Å². The van der Waals surface area contributed by atoms with E-state index in [0.717, 1.165) is 19.5 Å². The number of nitrogens with zero attached hydrogens (tertiary/aromatic N) is 3. The van der Waals surface area contributed by atoms with Gasteiger partial charge in [0.25, 0.3) is 0 Å². The summed E-state index contributed by atoms with van der Waals surface area (Å²) in [4.78, 5) is 2.34. The Labute approximate surface area is 79.3 Å². The van der Waals surface area contributed by atoms with Gasteiger partial charge in [-0.25, -0.2) is 0 Å². The Bertz CT molecular complexity index is 301. The molecule has 72 valence electrons. The predicted molar refractivity (Wildman–Crippen MR) is 52.7 cm³/mol. The first-order valence-corrected chi connectivity index (χ1v) is 4.92. The molecule has 0 spiro atoms. The molecule has 0 amide bonds. The fourth-order valence-electron chi connectivity index (χ4n) is 1.74. The lowest BCUT2D eigenvalue weighted by Gasteiger charge is -2.20. The molecule has 0 aromatic carbocycles. The van der Waals surface area contributed by atoms with E-state index in [4.69, 9.17) is 0 Å². The largest absolute Gasteiger partial charge is 0.302 e. The van der Waals surface area contributed by atoms with Crippen molar-refractivity contribution in [2.24, 2.45) is 0 Å². The van der Waals surface area contributed by atoms with Gasteiger partial charge in [0, 0.05) is 37.3 Å². The molecule has 2 heterocycles. The van der Waals surface area contributed by atoms with Crippen molar-refractivity contribution in [1.82, 2.24) is 14.7 Å². The van der Waals surface area contributed by atoms with E-state index in [2.05, 4.69) is 41.8 Å². The lowest BCUT2D eigenvalue weighted by Crippen LogP contribution is -2.25. The molecule has 1 aliphatic rings. The summed E-state index contributed by atoms with van der Waals surface area (Å²) in [6.45, 7) is 6.54. The first kappa shape index (κ1) is 8.75. The lowest BCUT2D eigenvalue weighted by molar-refractivity contribution is 0.311. The quantitative estimate of drug-likeness (QED) is 0.650. The zero-order valence-electron chi connectivity index (χ0n) is 8.62. The van der Waals surface area contributed by atoms with Crippen LogP contribution in [0.15, 0.2) is 6.20 Å². The maximum atomic E-state index is 4.57. The Morgan fingerprint density at radius 2 is 2.23 bits per heavy atom. The van der Waals surface area contributed by atoms with Gasteiger partial charge in [-0.15, -0.1) is 0 Å². The molecule has 1 aromatic heterocycles. The second-order valence-electron chi connectivity index (χ2n) is 4.16. The minimum atomic E-state index is 0.482. The Morgan fingerprint density at radius 3 is 2.92 bits per heavy atom. The van der Waals surface area contributed by atoms with E-state index >= 15 is 0 Å². The molecule has 2 rings (SSSR count). The third-order valence-corrected chi connectivity index (χ3v) is 2.59. The normalized spacial score (nSPS) is 17.8. The summed E-state index contributed by atoms with van der Waals surface area (Å²) >= 11 is 0. The van der Waals surface area contributed by atoms with Gasteiger partial charge in [0.05, 0.1) is 5.69 Å². The van der Waals surface area contributed by atoms with Crippen molar-refractivity contribution in [2.45, 2.75) is 32.9 Å². The van der Waals surface area contributed by atoms with Gasteiger partial charge in [0.2, 0.25) is 0 Å². The van der Waals surface area contributed by atoms with Crippen molar-refractivity contribution in [2.75, 3.05) is 13.6 Å². The molecule has 0 bridgehead atoms. The van der Waals surface area contributed by atoms with E-state index in [1.165, 1.54) is 11.3 Å². The van der Waals surface area contributed by atoms with Gasteiger partial charge in [-0.2, -0.15) is 5.10 Å². The lowest BCUT2D eigenvalue weighted by atomic mass is 10.1. The van der Waals surface area contributed by atoms with Crippen molar-refractivity contribution in [3.8, 4) is 0 Å². The molecule has 0 aliphatic carbocycles. The molecule has 0 radical (unpaired) electrons. The van der Waals surface area contributed by atoms with Crippen molar-refractivity contribution in [3.63, 3.8) is 0 Å². The molecule has 0 unspecified atom stereocenters. The second-order valence-corrected chi connectivity index (χ2v) is 4.16. The van der Waals surface area contributed by atoms with Crippen LogP contribution in [-0.2, 0) is 13.0 Å². The molecule has 3 heteroatoms. The highest BCUT2D eigenvalue weighted by Gasteiger charge is 2.17. The van der Waals surface area contributed by atoms with E-state index in [0.29, 0.717) is 6.04 Å². The maximum absolute atomic E-state index is 4.57. The molecular weight excluding hydrogens is 162 g/mol. The summed E-state index contributed by atoms with van der Waals surface area (Å²) in [5.41, 5.74) is 2.70. The molecule has 0 saturated carbocycles. The minimum Gasteiger partial charge on any atom is -0.302 e. The summed E-state index contributed by atoms with van der Waals surface area (Å²) in [7, 11) is 2.16. The summed E-state index contributed by atoms with van der Waals surface area (Å²) in [6.07, 6.45) is 3.29.